The summed E-state index contributed by atoms with van der Waals surface area (Å²) in [6, 6.07) is 7.10. The lowest BCUT2D eigenvalue weighted by Crippen LogP contribution is -2.36. The number of carboxylic acids is 1. The number of benzene rings is 1. The number of fused-ring (bicyclic) bond motifs is 1. The van der Waals surface area contributed by atoms with Crippen LogP contribution in [0.1, 0.15) is 43.4 Å². The minimum atomic E-state index is -0.855. The third-order valence-electron chi connectivity index (χ3n) is 3.62. The molecule has 0 radical (unpaired) electrons. The van der Waals surface area contributed by atoms with Crippen LogP contribution in [0, 0.1) is 0 Å². The lowest BCUT2D eigenvalue weighted by Gasteiger charge is -2.17. The minimum absolute atomic E-state index is 0.210. The fourth-order valence-electron chi connectivity index (χ4n) is 2.62. The summed E-state index contributed by atoms with van der Waals surface area (Å²) in [6.45, 7) is 3.98. The molecule has 1 aliphatic rings. The summed E-state index contributed by atoms with van der Waals surface area (Å²) >= 11 is 0. The molecule has 1 amide bonds. The molecular weight excluding hydrogens is 258 g/mol. The highest BCUT2D eigenvalue weighted by atomic mass is 16.5. The number of amides is 1. The van der Waals surface area contributed by atoms with E-state index in [9.17, 15) is 14.7 Å². The SMILES string of the molecule is CCOC(C)C(=O)NC1CC(C(=O)O)c2ccccc21. The second-order valence-electron chi connectivity index (χ2n) is 4.91. The predicted octanol–water partition coefficient (Wildman–Crippen LogP) is 1.84. The Balaban J connectivity index is 2.15. The maximum absolute atomic E-state index is 12.0. The van der Waals surface area contributed by atoms with Gasteiger partial charge in [-0.2, -0.15) is 0 Å². The van der Waals surface area contributed by atoms with Crippen molar-refractivity contribution in [3.8, 4) is 0 Å². The fourth-order valence-corrected chi connectivity index (χ4v) is 2.62. The fraction of sp³-hybridized carbons (Fsp3) is 0.467. The normalized spacial score (nSPS) is 22.1. The number of hydrogen-bond donors (Lipinski definition) is 2. The highest BCUT2D eigenvalue weighted by Gasteiger charge is 2.36. The van der Waals surface area contributed by atoms with Gasteiger partial charge in [0.15, 0.2) is 0 Å². The summed E-state index contributed by atoms with van der Waals surface area (Å²) in [5.41, 5.74) is 1.67. The van der Waals surface area contributed by atoms with Crippen LogP contribution in [-0.4, -0.2) is 29.7 Å². The van der Waals surface area contributed by atoms with Crippen molar-refractivity contribution in [2.45, 2.75) is 38.3 Å². The van der Waals surface area contributed by atoms with Crippen LogP contribution >= 0.6 is 0 Å². The van der Waals surface area contributed by atoms with Gasteiger partial charge in [0.2, 0.25) is 5.91 Å². The van der Waals surface area contributed by atoms with Crippen LogP contribution in [0.5, 0.6) is 0 Å². The Hall–Kier alpha value is -1.88. The number of aliphatic carboxylic acids is 1. The smallest absolute Gasteiger partial charge is 0.311 e. The molecule has 5 heteroatoms. The molecule has 2 rings (SSSR count). The van der Waals surface area contributed by atoms with Crippen molar-refractivity contribution in [3.05, 3.63) is 35.4 Å². The number of carbonyl (C=O) groups is 2. The molecule has 2 N–H and O–H groups in total. The molecule has 3 atom stereocenters. The van der Waals surface area contributed by atoms with Crippen molar-refractivity contribution >= 4 is 11.9 Å². The van der Waals surface area contributed by atoms with Crippen LogP contribution < -0.4 is 5.32 Å². The summed E-state index contributed by atoms with van der Waals surface area (Å²) in [5.74, 6) is -1.62. The number of hydrogen-bond acceptors (Lipinski definition) is 3. The maximum atomic E-state index is 12.0. The van der Waals surface area contributed by atoms with E-state index in [-0.39, 0.29) is 11.9 Å². The average Bonchev–Trinajstić information content (AvgIpc) is 2.78. The molecule has 0 saturated carbocycles. The summed E-state index contributed by atoms with van der Waals surface area (Å²) in [4.78, 5) is 23.3. The van der Waals surface area contributed by atoms with Gasteiger partial charge >= 0.3 is 5.97 Å². The molecule has 0 aromatic heterocycles. The molecule has 0 fully saturated rings. The standard InChI is InChI=1S/C15H19NO4/c1-3-20-9(2)14(17)16-13-8-12(15(18)19)10-6-4-5-7-11(10)13/h4-7,9,12-13H,3,8H2,1-2H3,(H,16,17)(H,18,19). The minimum Gasteiger partial charge on any atom is -0.481 e. The Morgan fingerprint density at radius 3 is 2.65 bits per heavy atom. The lowest BCUT2D eigenvalue weighted by molar-refractivity contribution is -0.139. The van der Waals surface area contributed by atoms with E-state index in [0.717, 1.165) is 11.1 Å². The Labute approximate surface area is 117 Å². The molecule has 1 aromatic rings. The van der Waals surface area contributed by atoms with E-state index in [4.69, 9.17) is 4.74 Å². The topological polar surface area (TPSA) is 75.6 Å². The molecule has 0 bridgehead atoms. The second-order valence-corrected chi connectivity index (χ2v) is 4.91. The van der Waals surface area contributed by atoms with Crippen molar-refractivity contribution in [3.63, 3.8) is 0 Å². The van der Waals surface area contributed by atoms with Gasteiger partial charge in [-0.25, -0.2) is 0 Å². The van der Waals surface area contributed by atoms with Crippen LogP contribution in [0.3, 0.4) is 0 Å². The molecule has 20 heavy (non-hydrogen) atoms. The van der Waals surface area contributed by atoms with Crippen LogP contribution in [0.4, 0.5) is 0 Å². The number of rotatable bonds is 5. The summed E-state index contributed by atoms with van der Waals surface area (Å²) in [6.07, 6.45) is -0.143. The zero-order valence-corrected chi connectivity index (χ0v) is 11.6. The van der Waals surface area contributed by atoms with Gasteiger partial charge < -0.3 is 15.2 Å². The largest absolute Gasteiger partial charge is 0.481 e. The molecule has 1 aliphatic carbocycles. The highest BCUT2D eigenvalue weighted by molar-refractivity contribution is 5.82. The van der Waals surface area contributed by atoms with Gasteiger partial charge in [-0.3, -0.25) is 9.59 Å². The van der Waals surface area contributed by atoms with E-state index < -0.39 is 18.0 Å². The maximum Gasteiger partial charge on any atom is 0.311 e. The number of ether oxygens (including phenoxy) is 1. The monoisotopic (exact) mass is 277 g/mol. The first-order valence-electron chi connectivity index (χ1n) is 6.78. The summed E-state index contributed by atoms with van der Waals surface area (Å²) in [7, 11) is 0. The number of carboxylic acid groups (broad SMARTS) is 1. The Morgan fingerprint density at radius 2 is 2.05 bits per heavy atom. The molecule has 5 nitrogen and oxygen atoms in total. The predicted molar refractivity (Wildman–Crippen MR) is 73.4 cm³/mol. The van der Waals surface area contributed by atoms with Crippen molar-refractivity contribution < 1.29 is 19.4 Å². The van der Waals surface area contributed by atoms with Gasteiger partial charge in [-0.05, 0) is 31.4 Å². The third-order valence-corrected chi connectivity index (χ3v) is 3.62. The summed E-state index contributed by atoms with van der Waals surface area (Å²) < 4.78 is 5.25. The average molecular weight is 277 g/mol. The van der Waals surface area contributed by atoms with Crippen LogP contribution in [0.25, 0.3) is 0 Å². The first kappa shape index (κ1) is 14.5. The quantitative estimate of drug-likeness (QED) is 0.861. The highest BCUT2D eigenvalue weighted by Crippen LogP contribution is 2.40. The molecular formula is C15H19NO4. The molecule has 1 aromatic carbocycles. The number of carbonyl (C=O) groups excluding carboxylic acids is 1. The molecule has 0 spiro atoms. The van der Waals surface area contributed by atoms with E-state index >= 15 is 0 Å². The lowest BCUT2D eigenvalue weighted by atomic mass is 10.0. The zero-order chi connectivity index (χ0) is 14.7. The molecule has 108 valence electrons. The van der Waals surface area contributed by atoms with E-state index in [0.29, 0.717) is 13.0 Å². The van der Waals surface area contributed by atoms with Gasteiger partial charge in [-0.1, -0.05) is 24.3 Å². The summed E-state index contributed by atoms with van der Waals surface area (Å²) in [5, 5.41) is 12.1. The van der Waals surface area contributed by atoms with Gasteiger partial charge in [0.1, 0.15) is 6.10 Å². The van der Waals surface area contributed by atoms with Crippen molar-refractivity contribution in [2.24, 2.45) is 0 Å². The van der Waals surface area contributed by atoms with Gasteiger partial charge in [0.25, 0.3) is 0 Å². The molecule has 0 aliphatic heterocycles. The molecule has 0 saturated heterocycles. The number of nitrogens with one attached hydrogen (secondary N) is 1. The van der Waals surface area contributed by atoms with Crippen LogP contribution in [-0.2, 0) is 14.3 Å². The van der Waals surface area contributed by atoms with Gasteiger partial charge in [0, 0.05) is 6.61 Å². The Kier molecular flexibility index (Phi) is 4.39. The van der Waals surface area contributed by atoms with Crippen LogP contribution in [0.2, 0.25) is 0 Å². The van der Waals surface area contributed by atoms with E-state index in [1.165, 1.54) is 0 Å². The van der Waals surface area contributed by atoms with Crippen molar-refractivity contribution in [2.75, 3.05) is 6.61 Å². The van der Waals surface area contributed by atoms with Crippen molar-refractivity contribution in [1.82, 2.24) is 5.32 Å². The Morgan fingerprint density at radius 1 is 1.40 bits per heavy atom. The Bertz CT molecular complexity index is 514. The van der Waals surface area contributed by atoms with E-state index in [1.807, 2.05) is 31.2 Å². The van der Waals surface area contributed by atoms with Gasteiger partial charge in [-0.15, -0.1) is 0 Å². The third kappa shape index (κ3) is 2.82. The first-order chi connectivity index (χ1) is 9.54. The first-order valence-corrected chi connectivity index (χ1v) is 6.78. The van der Waals surface area contributed by atoms with E-state index in [2.05, 4.69) is 5.32 Å². The van der Waals surface area contributed by atoms with Crippen LogP contribution in [0.15, 0.2) is 24.3 Å². The second kappa shape index (κ2) is 6.05. The van der Waals surface area contributed by atoms with Crippen molar-refractivity contribution in [1.29, 1.82) is 0 Å². The molecule has 3 unspecified atom stereocenters. The zero-order valence-electron chi connectivity index (χ0n) is 11.6. The molecule has 0 heterocycles. The van der Waals surface area contributed by atoms with E-state index in [1.54, 1.807) is 6.92 Å². The van der Waals surface area contributed by atoms with Gasteiger partial charge in [0.05, 0.1) is 12.0 Å².